The van der Waals surface area contributed by atoms with Gasteiger partial charge in [0.1, 0.15) is 11.6 Å². The highest BCUT2D eigenvalue weighted by atomic mass is 16.5. The van der Waals surface area contributed by atoms with E-state index in [9.17, 15) is 34.2 Å². The summed E-state index contributed by atoms with van der Waals surface area (Å²) in [7, 11) is 0. The second kappa shape index (κ2) is 10.7. The van der Waals surface area contributed by atoms with Crippen molar-refractivity contribution in [1.82, 2.24) is 5.32 Å². The third-order valence-corrected chi connectivity index (χ3v) is 10.2. The molecule has 4 rings (SSSR count). The van der Waals surface area contributed by atoms with Gasteiger partial charge in [0.2, 0.25) is 11.7 Å². The lowest BCUT2D eigenvalue weighted by Crippen LogP contribution is -2.62. The standard InChI is InChI=1S/C28H39NO10/c1-26-9-7-16(31)11-15(26)3-4-17-18-8-10-28(38,27(18,2)12-20(32)24(17)26)21(33)14-39-23(35)6-5-22(34)29-19(13-30)25(36)37/h11,17-20,24,30,32,38H,3-10,12-14H2,1-2H3,(H,29,34)(H,36,37)/t17-,18-,19+,20-,24+,26-,27-,28-/m0/s1. The van der Waals surface area contributed by atoms with E-state index in [1.165, 1.54) is 0 Å². The molecule has 216 valence electrons. The first kappa shape index (κ1) is 29.4. The molecular weight excluding hydrogens is 510 g/mol. The monoisotopic (exact) mass is 549 g/mol. The predicted octanol–water partition coefficient (Wildman–Crippen LogP) is 0.674. The number of fused-ring (bicyclic) bond motifs is 5. The Labute approximate surface area is 227 Å². The number of carboxylic acid groups (broad SMARTS) is 1. The minimum Gasteiger partial charge on any atom is -0.480 e. The zero-order valence-corrected chi connectivity index (χ0v) is 22.5. The minimum absolute atomic E-state index is 0.0102. The Hall–Kier alpha value is -2.63. The van der Waals surface area contributed by atoms with Gasteiger partial charge in [-0.15, -0.1) is 0 Å². The average Bonchev–Trinajstić information content (AvgIpc) is 3.15. The van der Waals surface area contributed by atoms with E-state index in [4.69, 9.17) is 14.9 Å². The van der Waals surface area contributed by atoms with E-state index < -0.39 is 72.8 Å². The van der Waals surface area contributed by atoms with Gasteiger partial charge in [-0.3, -0.25) is 19.2 Å². The maximum Gasteiger partial charge on any atom is 0.328 e. The Balaban J connectivity index is 1.39. The quantitative estimate of drug-likeness (QED) is 0.256. The molecule has 0 aliphatic heterocycles. The summed E-state index contributed by atoms with van der Waals surface area (Å²) in [6, 6.07) is -1.49. The Morgan fingerprint density at radius 1 is 1.13 bits per heavy atom. The molecule has 8 atom stereocenters. The number of carboxylic acids is 1. The molecule has 0 unspecified atom stereocenters. The molecule has 0 radical (unpaired) electrons. The maximum atomic E-state index is 13.3. The predicted molar refractivity (Wildman–Crippen MR) is 135 cm³/mol. The molecule has 11 heteroatoms. The van der Waals surface area contributed by atoms with Crippen molar-refractivity contribution < 1.29 is 49.1 Å². The van der Waals surface area contributed by atoms with Crippen molar-refractivity contribution in [2.75, 3.05) is 13.2 Å². The SMILES string of the molecule is C[C@]12CCC(=O)C=C1CC[C@@H]1[C@@H]2[C@@H](O)C[C@@]2(C)[C@H]1CC[C@]2(O)C(=O)COC(=O)CCC(=O)N[C@H](CO)C(=O)O. The fourth-order valence-electron chi connectivity index (χ4n) is 8.16. The number of carbonyl (C=O) groups is 5. The smallest absolute Gasteiger partial charge is 0.328 e. The Morgan fingerprint density at radius 3 is 2.51 bits per heavy atom. The van der Waals surface area contributed by atoms with Gasteiger partial charge in [0, 0.05) is 18.3 Å². The number of esters is 1. The van der Waals surface area contributed by atoms with Crippen molar-refractivity contribution in [3.63, 3.8) is 0 Å². The van der Waals surface area contributed by atoms with E-state index in [-0.39, 0.29) is 41.8 Å². The summed E-state index contributed by atoms with van der Waals surface area (Å²) in [4.78, 5) is 60.3. The van der Waals surface area contributed by atoms with Crippen molar-refractivity contribution in [3.8, 4) is 0 Å². The summed E-state index contributed by atoms with van der Waals surface area (Å²) in [5.74, 6) is -3.53. The van der Waals surface area contributed by atoms with Crippen LogP contribution in [0, 0.1) is 28.6 Å². The fraction of sp³-hybridized carbons (Fsp3) is 0.750. The lowest BCUT2D eigenvalue weighted by molar-refractivity contribution is -0.184. The lowest BCUT2D eigenvalue weighted by atomic mass is 9.45. The maximum absolute atomic E-state index is 13.3. The van der Waals surface area contributed by atoms with Crippen molar-refractivity contribution in [2.24, 2.45) is 28.6 Å². The fourth-order valence-corrected chi connectivity index (χ4v) is 8.16. The van der Waals surface area contributed by atoms with Gasteiger partial charge in [-0.25, -0.2) is 4.79 Å². The van der Waals surface area contributed by atoms with Gasteiger partial charge in [-0.2, -0.15) is 0 Å². The van der Waals surface area contributed by atoms with Crippen LogP contribution in [0.1, 0.15) is 71.6 Å². The highest BCUT2D eigenvalue weighted by molar-refractivity contribution is 5.92. The molecule has 0 bridgehead atoms. The normalized spacial score (nSPS) is 38.0. The molecule has 0 heterocycles. The summed E-state index contributed by atoms with van der Waals surface area (Å²) < 4.78 is 5.07. The first-order valence-electron chi connectivity index (χ1n) is 13.7. The Bertz CT molecular complexity index is 1090. The highest BCUT2D eigenvalue weighted by Crippen LogP contribution is 2.67. The number of hydrogen-bond acceptors (Lipinski definition) is 9. The number of aliphatic carboxylic acids is 1. The first-order chi connectivity index (χ1) is 18.3. The van der Waals surface area contributed by atoms with E-state index in [0.29, 0.717) is 19.3 Å². The summed E-state index contributed by atoms with van der Waals surface area (Å²) >= 11 is 0. The molecule has 11 nitrogen and oxygen atoms in total. The molecule has 0 aromatic heterocycles. The second-order valence-corrected chi connectivity index (χ2v) is 12.2. The minimum atomic E-state index is -1.78. The van der Waals surface area contributed by atoms with Crippen LogP contribution in [-0.2, 0) is 28.7 Å². The molecule has 0 saturated heterocycles. The molecule has 1 amide bonds. The van der Waals surface area contributed by atoms with Crippen LogP contribution in [0.2, 0.25) is 0 Å². The molecule has 39 heavy (non-hydrogen) atoms. The van der Waals surface area contributed by atoms with Crippen LogP contribution in [0.25, 0.3) is 0 Å². The van der Waals surface area contributed by atoms with Crippen molar-refractivity contribution in [1.29, 1.82) is 0 Å². The third-order valence-electron chi connectivity index (χ3n) is 10.2. The van der Waals surface area contributed by atoms with Gasteiger partial charge in [0.25, 0.3) is 0 Å². The molecule has 4 aliphatic rings. The number of nitrogens with one attached hydrogen (secondary N) is 1. The first-order valence-corrected chi connectivity index (χ1v) is 13.7. The third kappa shape index (κ3) is 5.04. The van der Waals surface area contributed by atoms with E-state index in [2.05, 4.69) is 12.2 Å². The number of hydrogen-bond donors (Lipinski definition) is 5. The molecule has 3 saturated carbocycles. The van der Waals surface area contributed by atoms with Gasteiger partial charge in [0.05, 0.1) is 19.1 Å². The summed E-state index contributed by atoms with van der Waals surface area (Å²) in [5, 5.41) is 43.1. The van der Waals surface area contributed by atoms with Crippen LogP contribution in [0.3, 0.4) is 0 Å². The van der Waals surface area contributed by atoms with Gasteiger partial charge < -0.3 is 30.5 Å². The highest BCUT2D eigenvalue weighted by Gasteiger charge is 2.68. The average molecular weight is 550 g/mol. The van der Waals surface area contributed by atoms with Gasteiger partial charge in [-0.05, 0) is 67.8 Å². The molecule has 5 N–H and O–H groups in total. The number of rotatable bonds is 9. The Kier molecular flexibility index (Phi) is 8.08. The van der Waals surface area contributed by atoms with E-state index in [1.807, 2.05) is 6.92 Å². The van der Waals surface area contributed by atoms with Crippen molar-refractivity contribution >= 4 is 29.4 Å². The Morgan fingerprint density at radius 2 is 1.85 bits per heavy atom. The number of allylic oxidation sites excluding steroid dienone is 1. The van der Waals surface area contributed by atoms with Crippen molar-refractivity contribution in [3.05, 3.63) is 11.6 Å². The number of ether oxygens (including phenoxy) is 1. The summed E-state index contributed by atoms with van der Waals surface area (Å²) in [5.41, 5.74) is -1.88. The number of carbonyl (C=O) groups excluding carboxylic acids is 4. The topological polar surface area (TPSA) is 188 Å². The zero-order chi connectivity index (χ0) is 28.8. The largest absolute Gasteiger partial charge is 0.480 e. The number of ketones is 2. The molecule has 4 aliphatic carbocycles. The molecule has 0 aromatic rings. The number of aliphatic hydroxyl groups excluding tert-OH is 2. The summed E-state index contributed by atoms with van der Waals surface area (Å²) in [6.45, 7) is 2.49. The van der Waals surface area contributed by atoms with Crippen LogP contribution < -0.4 is 5.32 Å². The van der Waals surface area contributed by atoms with Crippen LogP contribution in [-0.4, -0.2) is 80.8 Å². The van der Waals surface area contributed by atoms with Crippen LogP contribution in [0.15, 0.2) is 11.6 Å². The number of amides is 1. The molecule has 0 spiro atoms. The number of aliphatic hydroxyl groups is 3. The van der Waals surface area contributed by atoms with E-state index >= 15 is 0 Å². The van der Waals surface area contributed by atoms with Gasteiger partial charge in [0.15, 0.2) is 12.4 Å². The lowest BCUT2D eigenvalue weighted by Gasteiger charge is -2.60. The molecular formula is C28H39NO10. The van der Waals surface area contributed by atoms with E-state index in [0.717, 1.165) is 18.4 Å². The van der Waals surface area contributed by atoms with E-state index in [1.54, 1.807) is 6.08 Å². The van der Waals surface area contributed by atoms with Crippen LogP contribution in [0.5, 0.6) is 0 Å². The van der Waals surface area contributed by atoms with Gasteiger partial charge >= 0.3 is 11.9 Å². The van der Waals surface area contributed by atoms with Crippen LogP contribution >= 0.6 is 0 Å². The second-order valence-electron chi connectivity index (χ2n) is 12.2. The molecule has 3 fully saturated rings. The van der Waals surface area contributed by atoms with Gasteiger partial charge in [-0.1, -0.05) is 19.4 Å². The van der Waals surface area contributed by atoms with Crippen LogP contribution in [0.4, 0.5) is 0 Å². The number of Topliss-reactive ketones (excluding diaryl/α,β-unsaturated/α-hetero) is 1. The van der Waals surface area contributed by atoms with Crippen molar-refractivity contribution in [2.45, 2.75) is 89.4 Å². The molecule has 0 aromatic carbocycles. The zero-order valence-electron chi connectivity index (χ0n) is 22.5. The summed E-state index contributed by atoms with van der Waals surface area (Å²) in [6.07, 6.45) is 3.88.